The zero-order valence-corrected chi connectivity index (χ0v) is 7.55. The third-order valence-electron chi connectivity index (χ3n) is 0.953. The van der Waals surface area contributed by atoms with Crippen molar-refractivity contribution >= 4 is 8.69 Å². The van der Waals surface area contributed by atoms with Crippen LogP contribution in [0.1, 0.15) is 13.3 Å². The second-order valence-electron chi connectivity index (χ2n) is 1.92. The monoisotopic (exact) mass is 176 g/mol. The zero-order valence-electron chi connectivity index (χ0n) is 6.66. The van der Waals surface area contributed by atoms with Crippen LogP contribution in [-0.4, -0.2) is 19.8 Å². The predicted molar refractivity (Wildman–Crippen MR) is 43.8 cm³/mol. The Morgan fingerprint density at radius 1 is 1.36 bits per heavy atom. The van der Waals surface area contributed by atoms with Gasteiger partial charge in [-0.25, -0.2) is 4.57 Å². The van der Waals surface area contributed by atoms with Crippen molar-refractivity contribution in [3.63, 3.8) is 0 Å². The molecule has 0 aliphatic heterocycles. The number of hydrogen-bond acceptors (Lipinski definition) is 3. The van der Waals surface area contributed by atoms with Gasteiger partial charge in [0.05, 0.1) is 13.2 Å². The van der Waals surface area contributed by atoms with Crippen LogP contribution in [0.3, 0.4) is 0 Å². The first-order valence-corrected chi connectivity index (χ1v) is 4.32. The quantitative estimate of drug-likeness (QED) is 0.339. The lowest BCUT2D eigenvalue weighted by molar-refractivity contribution is 0.162. The molecule has 0 spiro atoms. The summed E-state index contributed by atoms with van der Waals surface area (Å²) in [5.74, 6) is 0. The summed E-state index contributed by atoms with van der Waals surface area (Å²) in [5, 5.41) is 0. The average molecular weight is 176 g/mol. The normalized spacial score (nSPS) is 11.4. The van der Waals surface area contributed by atoms with Crippen molar-refractivity contribution in [1.29, 1.82) is 0 Å². The van der Waals surface area contributed by atoms with Gasteiger partial charge in [-0.2, -0.15) is 0 Å². The molecular formula is C7H13O3P. The Morgan fingerprint density at radius 2 is 2.09 bits per heavy atom. The second kappa shape index (κ2) is 9.76. The molecule has 0 N–H and O–H groups in total. The molecule has 0 heterocycles. The van der Waals surface area contributed by atoms with E-state index in [0.29, 0.717) is 13.2 Å². The largest absolute Gasteiger partial charge is 0.377 e. The summed E-state index contributed by atoms with van der Waals surface area (Å²) in [5.41, 5.74) is 0. The average Bonchev–Trinajstić information content (AvgIpc) is 2.03. The van der Waals surface area contributed by atoms with Crippen LogP contribution < -0.4 is 0 Å². The first-order chi connectivity index (χ1) is 5.41. The third kappa shape index (κ3) is 9.76. The molecule has 4 heteroatoms. The number of rotatable bonds is 7. The van der Waals surface area contributed by atoms with E-state index in [4.69, 9.17) is 4.74 Å². The Labute approximate surface area is 68.7 Å². The van der Waals surface area contributed by atoms with Crippen LogP contribution in [-0.2, 0) is 13.8 Å². The van der Waals surface area contributed by atoms with E-state index < -0.39 is 0 Å². The van der Waals surface area contributed by atoms with E-state index in [2.05, 4.69) is 11.4 Å². The molecule has 0 atom stereocenters. The fourth-order valence-corrected chi connectivity index (χ4v) is 0.652. The number of ether oxygens (including phenoxy) is 1. The maximum atomic E-state index is 9.75. The highest BCUT2D eigenvalue weighted by molar-refractivity contribution is 7.17. The molecule has 0 radical (unpaired) electrons. The minimum Gasteiger partial charge on any atom is -0.377 e. The van der Waals surface area contributed by atoms with E-state index in [1.54, 1.807) is 6.08 Å². The Balaban J connectivity index is 2.97. The molecule has 0 fully saturated rings. The molecule has 11 heavy (non-hydrogen) atoms. The van der Waals surface area contributed by atoms with Crippen molar-refractivity contribution in [2.24, 2.45) is 0 Å². The lowest BCUT2D eigenvalue weighted by Crippen LogP contribution is -1.91. The minimum atomic E-state index is -0.272. The van der Waals surface area contributed by atoms with Crippen molar-refractivity contribution in [1.82, 2.24) is 0 Å². The predicted octanol–water partition coefficient (Wildman–Crippen LogP) is 2.19. The van der Waals surface area contributed by atoms with Crippen molar-refractivity contribution in [3.8, 4) is 0 Å². The van der Waals surface area contributed by atoms with Crippen LogP contribution in [0.4, 0.5) is 0 Å². The van der Waals surface area contributed by atoms with Gasteiger partial charge in [-0.1, -0.05) is 19.1 Å². The summed E-state index contributed by atoms with van der Waals surface area (Å²) >= 11 is 0. The van der Waals surface area contributed by atoms with Crippen molar-refractivity contribution < 1.29 is 13.8 Å². The Hall–Kier alpha value is -0.240. The van der Waals surface area contributed by atoms with E-state index in [0.717, 1.165) is 13.0 Å². The Kier molecular flexibility index (Phi) is 9.55. The maximum absolute atomic E-state index is 9.75. The van der Waals surface area contributed by atoms with E-state index in [1.807, 2.05) is 6.08 Å². The molecule has 0 aromatic rings. The van der Waals surface area contributed by atoms with Gasteiger partial charge in [0.25, 0.3) is 0 Å². The molecule has 3 nitrogen and oxygen atoms in total. The van der Waals surface area contributed by atoms with Gasteiger partial charge in [0.2, 0.25) is 0 Å². The minimum absolute atomic E-state index is 0.272. The first kappa shape index (κ1) is 10.8. The second-order valence-corrected chi connectivity index (χ2v) is 2.32. The third-order valence-corrected chi connectivity index (χ3v) is 1.21. The molecular weight excluding hydrogens is 163 g/mol. The van der Waals surface area contributed by atoms with Crippen LogP contribution in [0.25, 0.3) is 0 Å². The van der Waals surface area contributed by atoms with Crippen molar-refractivity contribution in [2.75, 3.05) is 19.8 Å². The van der Waals surface area contributed by atoms with E-state index in [-0.39, 0.29) is 8.69 Å². The lowest BCUT2D eigenvalue weighted by Gasteiger charge is -1.94. The van der Waals surface area contributed by atoms with E-state index in [1.165, 1.54) is 0 Å². The Bertz CT molecular complexity index is 114. The van der Waals surface area contributed by atoms with E-state index in [9.17, 15) is 4.57 Å². The van der Waals surface area contributed by atoms with Crippen LogP contribution in [0.15, 0.2) is 12.2 Å². The molecule has 0 aliphatic carbocycles. The Morgan fingerprint density at radius 3 is 2.73 bits per heavy atom. The fourth-order valence-electron chi connectivity index (χ4n) is 0.505. The van der Waals surface area contributed by atoms with Gasteiger partial charge in [-0.15, -0.1) is 0 Å². The summed E-state index contributed by atoms with van der Waals surface area (Å²) in [6, 6.07) is 0. The van der Waals surface area contributed by atoms with Gasteiger partial charge in [0, 0.05) is 6.61 Å². The van der Waals surface area contributed by atoms with Gasteiger partial charge in [-0.3, -0.25) is 4.52 Å². The summed E-state index contributed by atoms with van der Waals surface area (Å²) < 4.78 is 19.4. The van der Waals surface area contributed by atoms with Gasteiger partial charge in [0.1, 0.15) is 0 Å². The standard InChI is InChI=1S/C7H13O3P/c1-2-5-9-6-3-4-7-10-11-8/h3-4H,2,5-7H2,1H3. The van der Waals surface area contributed by atoms with Crippen LogP contribution in [0, 0.1) is 0 Å². The summed E-state index contributed by atoms with van der Waals surface area (Å²) in [6.45, 7) is 3.82. The molecule has 0 saturated heterocycles. The van der Waals surface area contributed by atoms with Crippen molar-refractivity contribution in [2.45, 2.75) is 13.3 Å². The molecule has 0 aromatic carbocycles. The van der Waals surface area contributed by atoms with Gasteiger partial charge in [-0.05, 0) is 6.42 Å². The summed E-state index contributed by atoms with van der Waals surface area (Å²) in [7, 11) is -0.272. The molecule has 0 saturated carbocycles. The molecule has 0 aliphatic rings. The van der Waals surface area contributed by atoms with Gasteiger partial charge >= 0.3 is 8.69 Å². The van der Waals surface area contributed by atoms with Crippen LogP contribution in [0.5, 0.6) is 0 Å². The highest BCUT2D eigenvalue weighted by atomic mass is 31.1. The molecule has 0 bridgehead atoms. The smallest absolute Gasteiger partial charge is 0.327 e. The zero-order chi connectivity index (χ0) is 8.36. The number of hydrogen-bond donors (Lipinski definition) is 0. The summed E-state index contributed by atoms with van der Waals surface area (Å²) in [4.78, 5) is 0. The van der Waals surface area contributed by atoms with Crippen LogP contribution in [0.2, 0.25) is 0 Å². The highest BCUT2D eigenvalue weighted by Crippen LogP contribution is 1.92. The highest BCUT2D eigenvalue weighted by Gasteiger charge is 1.80. The van der Waals surface area contributed by atoms with Gasteiger partial charge < -0.3 is 4.74 Å². The van der Waals surface area contributed by atoms with E-state index >= 15 is 0 Å². The maximum Gasteiger partial charge on any atom is 0.327 e. The molecule has 0 rings (SSSR count). The molecule has 0 aromatic heterocycles. The molecule has 0 amide bonds. The fraction of sp³-hybridized carbons (Fsp3) is 0.714. The SMILES string of the molecule is CCCOCC=CCOP=O. The van der Waals surface area contributed by atoms with Gasteiger partial charge in [0.15, 0.2) is 0 Å². The van der Waals surface area contributed by atoms with Crippen molar-refractivity contribution in [3.05, 3.63) is 12.2 Å². The topological polar surface area (TPSA) is 35.5 Å². The summed E-state index contributed by atoms with van der Waals surface area (Å²) in [6.07, 6.45) is 4.66. The van der Waals surface area contributed by atoms with Crippen LogP contribution >= 0.6 is 8.69 Å². The molecule has 0 unspecified atom stereocenters. The lowest BCUT2D eigenvalue weighted by atomic mass is 10.5. The first-order valence-electron chi connectivity index (χ1n) is 3.59. The molecule has 64 valence electrons.